The smallest absolute Gasteiger partial charge is 0.311 e. The van der Waals surface area contributed by atoms with Crippen LogP contribution in [0.25, 0.3) is 0 Å². The summed E-state index contributed by atoms with van der Waals surface area (Å²) in [5.41, 5.74) is 0.995. The summed E-state index contributed by atoms with van der Waals surface area (Å²) in [7, 11) is 0. The Hall–Kier alpha value is -3.13. The topological polar surface area (TPSA) is 111 Å². The molecule has 27 heavy (non-hydrogen) atoms. The molecule has 0 aliphatic rings. The van der Waals surface area contributed by atoms with Crippen molar-refractivity contribution >= 4 is 39.9 Å². The second-order valence-corrected chi connectivity index (χ2v) is 5.93. The summed E-state index contributed by atoms with van der Waals surface area (Å²) in [4.78, 5) is 32.4. The Morgan fingerprint density at radius 1 is 0.926 bits per heavy atom. The predicted octanol–water partition coefficient (Wildman–Crippen LogP) is 5.24. The number of azo groups is 1. The average Bonchev–Trinajstić information content (AvgIpc) is 2.65. The summed E-state index contributed by atoms with van der Waals surface area (Å²) in [6, 6.07) is 12.1. The molecule has 140 valence electrons. The molecule has 0 saturated heterocycles. The minimum absolute atomic E-state index is 0.0191. The van der Waals surface area contributed by atoms with Crippen molar-refractivity contribution < 1.29 is 19.2 Å². The van der Waals surface area contributed by atoms with E-state index in [1.165, 1.54) is 24.3 Å². The summed E-state index contributed by atoms with van der Waals surface area (Å²) in [6.07, 6.45) is 1.51. The molecule has 2 rings (SSSR count). The zero-order valence-corrected chi connectivity index (χ0v) is 15.0. The van der Waals surface area contributed by atoms with Crippen molar-refractivity contribution in [3.63, 3.8) is 0 Å². The van der Waals surface area contributed by atoms with Crippen LogP contribution in [-0.2, 0) is 9.59 Å². The molecule has 0 fully saturated rings. The maximum absolute atomic E-state index is 11.7. The maximum atomic E-state index is 11.7. The number of nitro groups is 1. The van der Waals surface area contributed by atoms with Gasteiger partial charge in [0.2, 0.25) is 5.24 Å². The van der Waals surface area contributed by atoms with Gasteiger partial charge in [0.05, 0.1) is 16.3 Å². The van der Waals surface area contributed by atoms with Gasteiger partial charge in [-0.15, -0.1) is 0 Å². The number of non-ortho nitro benzene ring substituents is 1. The van der Waals surface area contributed by atoms with Crippen molar-refractivity contribution in [2.45, 2.75) is 25.7 Å². The first-order valence-electron chi connectivity index (χ1n) is 8.09. The molecule has 0 aromatic heterocycles. The molecule has 0 amide bonds. The van der Waals surface area contributed by atoms with E-state index in [2.05, 4.69) is 10.2 Å². The molecule has 9 heteroatoms. The monoisotopic (exact) mass is 389 g/mol. The normalized spacial score (nSPS) is 10.7. The van der Waals surface area contributed by atoms with Crippen LogP contribution in [0.5, 0.6) is 5.75 Å². The molecule has 2 aromatic carbocycles. The Kier molecular flexibility index (Phi) is 7.57. The van der Waals surface area contributed by atoms with Gasteiger partial charge in [0.15, 0.2) is 0 Å². The molecular formula is C18H16ClN3O5. The van der Waals surface area contributed by atoms with Crippen molar-refractivity contribution in [1.82, 2.24) is 0 Å². The molecule has 0 bridgehead atoms. The molecule has 0 aliphatic heterocycles. The Morgan fingerprint density at radius 2 is 1.44 bits per heavy atom. The number of ether oxygens (including phenoxy) is 1. The van der Waals surface area contributed by atoms with Gasteiger partial charge in [0.1, 0.15) is 5.75 Å². The second-order valence-electron chi connectivity index (χ2n) is 5.50. The van der Waals surface area contributed by atoms with Crippen LogP contribution in [0.15, 0.2) is 58.8 Å². The van der Waals surface area contributed by atoms with E-state index in [4.69, 9.17) is 16.3 Å². The number of hydrogen-bond donors (Lipinski definition) is 0. The van der Waals surface area contributed by atoms with Crippen molar-refractivity contribution in [3.8, 4) is 5.75 Å². The standard InChI is InChI=1S/C18H16ClN3O5/c19-17(23)3-1-2-4-18(24)27-16-11-7-14(8-12-16)21-20-13-5-9-15(10-6-13)22(25)26/h5-12H,1-4H2. The third-order valence-electron chi connectivity index (χ3n) is 3.41. The van der Waals surface area contributed by atoms with Crippen molar-refractivity contribution in [2.24, 2.45) is 10.2 Å². The lowest BCUT2D eigenvalue weighted by Gasteiger charge is -2.04. The fraction of sp³-hybridized carbons (Fsp3) is 0.222. The molecule has 0 N–H and O–H groups in total. The number of nitrogens with zero attached hydrogens (tertiary/aromatic N) is 3. The number of benzene rings is 2. The van der Waals surface area contributed by atoms with E-state index in [0.29, 0.717) is 30.0 Å². The van der Waals surface area contributed by atoms with Crippen LogP contribution in [0.2, 0.25) is 0 Å². The molecule has 0 unspecified atom stereocenters. The number of carbonyl (C=O) groups is 2. The van der Waals surface area contributed by atoms with Gasteiger partial charge in [0, 0.05) is 25.0 Å². The molecule has 0 spiro atoms. The highest BCUT2D eigenvalue weighted by Crippen LogP contribution is 2.23. The van der Waals surface area contributed by atoms with Gasteiger partial charge in [-0.1, -0.05) is 0 Å². The van der Waals surface area contributed by atoms with Crippen LogP contribution >= 0.6 is 11.6 Å². The second kappa shape index (κ2) is 10.1. The average molecular weight is 390 g/mol. The highest BCUT2D eigenvalue weighted by Gasteiger charge is 2.06. The quantitative estimate of drug-likeness (QED) is 0.111. The highest BCUT2D eigenvalue weighted by molar-refractivity contribution is 6.63. The third kappa shape index (κ3) is 7.33. The lowest BCUT2D eigenvalue weighted by molar-refractivity contribution is -0.384. The summed E-state index contributed by atoms with van der Waals surface area (Å²) >= 11 is 5.22. The number of nitro benzene ring substituents is 1. The van der Waals surface area contributed by atoms with Crippen molar-refractivity contribution in [2.75, 3.05) is 0 Å². The van der Waals surface area contributed by atoms with E-state index >= 15 is 0 Å². The zero-order chi connectivity index (χ0) is 19.6. The van der Waals surface area contributed by atoms with Crippen LogP contribution in [0, 0.1) is 10.1 Å². The largest absolute Gasteiger partial charge is 0.427 e. The van der Waals surface area contributed by atoms with Crippen LogP contribution in [0.3, 0.4) is 0 Å². The van der Waals surface area contributed by atoms with Gasteiger partial charge in [-0.05, 0) is 60.8 Å². The Bertz CT molecular complexity index is 835. The first-order valence-corrected chi connectivity index (χ1v) is 8.47. The van der Waals surface area contributed by atoms with Crippen LogP contribution < -0.4 is 4.74 Å². The summed E-state index contributed by atoms with van der Waals surface area (Å²) in [6.45, 7) is 0. The molecule has 8 nitrogen and oxygen atoms in total. The fourth-order valence-electron chi connectivity index (χ4n) is 2.05. The number of unbranched alkanes of at least 4 members (excludes halogenated alkanes) is 1. The SMILES string of the molecule is O=C(Cl)CCCCC(=O)Oc1ccc(N=Nc2ccc([N+](=O)[O-])cc2)cc1. The Morgan fingerprint density at radius 3 is 1.96 bits per heavy atom. The lowest BCUT2D eigenvalue weighted by atomic mass is 10.2. The van der Waals surface area contributed by atoms with Crippen molar-refractivity contribution in [1.29, 1.82) is 0 Å². The van der Waals surface area contributed by atoms with Crippen LogP contribution in [0.4, 0.5) is 17.1 Å². The molecule has 0 saturated carbocycles. The molecule has 0 heterocycles. The highest BCUT2D eigenvalue weighted by atomic mass is 35.5. The van der Waals surface area contributed by atoms with E-state index in [1.54, 1.807) is 24.3 Å². The maximum Gasteiger partial charge on any atom is 0.311 e. The first-order chi connectivity index (χ1) is 12.9. The van der Waals surface area contributed by atoms with Crippen LogP contribution in [0.1, 0.15) is 25.7 Å². The predicted molar refractivity (Wildman–Crippen MR) is 98.7 cm³/mol. The first kappa shape index (κ1) is 20.2. The van der Waals surface area contributed by atoms with Gasteiger partial charge < -0.3 is 4.74 Å². The zero-order valence-electron chi connectivity index (χ0n) is 14.2. The van der Waals surface area contributed by atoms with E-state index < -0.39 is 16.1 Å². The van der Waals surface area contributed by atoms with E-state index in [-0.39, 0.29) is 18.5 Å². The van der Waals surface area contributed by atoms with E-state index in [0.717, 1.165) is 0 Å². The van der Waals surface area contributed by atoms with Gasteiger partial charge >= 0.3 is 5.97 Å². The molecule has 0 radical (unpaired) electrons. The summed E-state index contributed by atoms with van der Waals surface area (Å²) in [5, 5.41) is 18.2. The van der Waals surface area contributed by atoms with E-state index in [1.807, 2.05) is 0 Å². The van der Waals surface area contributed by atoms with Crippen molar-refractivity contribution in [3.05, 3.63) is 58.6 Å². The molecule has 2 aromatic rings. The van der Waals surface area contributed by atoms with Gasteiger partial charge in [-0.25, -0.2) is 0 Å². The fourth-order valence-corrected chi connectivity index (χ4v) is 2.19. The Labute approximate surface area is 160 Å². The molecular weight excluding hydrogens is 374 g/mol. The van der Waals surface area contributed by atoms with Gasteiger partial charge in [-0.2, -0.15) is 10.2 Å². The third-order valence-corrected chi connectivity index (χ3v) is 3.60. The molecule has 0 atom stereocenters. The minimum atomic E-state index is -0.488. The number of hydrogen-bond acceptors (Lipinski definition) is 7. The molecule has 0 aliphatic carbocycles. The van der Waals surface area contributed by atoms with Crippen LogP contribution in [-0.4, -0.2) is 16.1 Å². The minimum Gasteiger partial charge on any atom is -0.427 e. The summed E-state index contributed by atoms with van der Waals surface area (Å²) < 4.78 is 5.18. The number of esters is 1. The number of carbonyl (C=O) groups excluding carboxylic acids is 2. The van der Waals surface area contributed by atoms with Gasteiger partial charge in [0.25, 0.3) is 5.69 Å². The number of halogens is 1. The number of rotatable bonds is 9. The van der Waals surface area contributed by atoms with E-state index in [9.17, 15) is 19.7 Å². The Balaban J connectivity index is 1.84. The van der Waals surface area contributed by atoms with Gasteiger partial charge in [-0.3, -0.25) is 19.7 Å². The summed E-state index contributed by atoms with van der Waals surface area (Å²) in [5.74, 6) is -0.0139. The lowest BCUT2D eigenvalue weighted by Crippen LogP contribution is -2.07.